The molecule has 2 N–H and O–H groups in total. The Bertz CT molecular complexity index is 705. The minimum Gasteiger partial charge on any atom is -0.331 e. The van der Waals surface area contributed by atoms with Crippen LogP contribution in [0.5, 0.6) is 0 Å². The molecule has 0 aliphatic rings. The van der Waals surface area contributed by atoms with Crippen molar-refractivity contribution in [2.24, 2.45) is 0 Å². The van der Waals surface area contributed by atoms with Gasteiger partial charge in [0.2, 0.25) is 5.95 Å². The zero-order chi connectivity index (χ0) is 12.5. The molecule has 90 valence electrons. The highest BCUT2D eigenvalue weighted by molar-refractivity contribution is 7.21. The number of amides is 1. The summed E-state index contributed by atoms with van der Waals surface area (Å²) in [5.41, 5.74) is 0. The predicted octanol–water partition coefficient (Wildman–Crippen LogP) is 3.53. The van der Waals surface area contributed by atoms with E-state index >= 15 is 0 Å². The smallest absolute Gasteiger partial charge is 0.269 e. The Morgan fingerprint density at radius 3 is 2.94 bits per heavy atom. The molecule has 2 aromatic heterocycles. The van der Waals surface area contributed by atoms with Gasteiger partial charge < -0.3 is 4.98 Å². The first-order chi connectivity index (χ1) is 8.75. The molecule has 0 unspecified atom stereocenters. The molecule has 6 heteroatoms. The number of halogens is 1. The third-order valence-electron chi connectivity index (χ3n) is 2.47. The standard InChI is InChI=1S/C12H8ClN3OS/c13-9-7-3-1-2-4-8(7)18-10(9)11(17)16-12-14-5-6-15-12/h1-6H,(H2,14,15,16,17). The monoisotopic (exact) mass is 277 g/mol. The Balaban J connectivity index is 1.99. The number of carbonyl (C=O) groups excluding carboxylic acids is 1. The molecule has 0 radical (unpaired) electrons. The number of fused-ring (bicyclic) bond motifs is 1. The minimum absolute atomic E-state index is 0.254. The first kappa shape index (κ1) is 11.3. The molecule has 0 spiro atoms. The molecule has 2 heterocycles. The second-order valence-corrected chi connectivity index (χ2v) is 5.06. The Morgan fingerprint density at radius 2 is 2.22 bits per heavy atom. The number of imidazole rings is 1. The van der Waals surface area contributed by atoms with Crippen LogP contribution in [0.15, 0.2) is 36.7 Å². The molecule has 1 aromatic carbocycles. The van der Waals surface area contributed by atoms with Crippen LogP contribution in [0.2, 0.25) is 5.02 Å². The molecular weight excluding hydrogens is 270 g/mol. The highest BCUT2D eigenvalue weighted by Gasteiger charge is 2.17. The van der Waals surface area contributed by atoms with E-state index in [0.717, 1.165) is 10.1 Å². The normalized spacial score (nSPS) is 10.7. The highest BCUT2D eigenvalue weighted by atomic mass is 35.5. The average molecular weight is 278 g/mol. The fourth-order valence-corrected chi connectivity index (χ4v) is 3.07. The summed E-state index contributed by atoms with van der Waals surface area (Å²) < 4.78 is 0.993. The van der Waals surface area contributed by atoms with Gasteiger partial charge in [-0.15, -0.1) is 11.3 Å². The van der Waals surface area contributed by atoms with Gasteiger partial charge in [-0.05, 0) is 6.07 Å². The van der Waals surface area contributed by atoms with E-state index in [1.807, 2.05) is 24.3 Å². The van der Waals surface area contributed by atoms with Crippen molar-refractivity contribution in [3.8, 4) is 0 Å². The van der Waals surface area contributed by atoms with Gasteiger partial charge in [0.1, 0.15) is 4.88 Å². The first-order valence-electron chi connectivity index (χ1n) is 5.23. The van der Waals surface area contributed by atoms with Gasteiger partial charge in [0.05, 0.1) is 5.02 Å². The summed E-state index contributed by atoms with van der Waals surface area (Å²) in [6, 6.07) is 7.66. The number of nitrogens with one attached hydrogen (secondary N) is 2. The average Bonchev–Trinajstić information content (AvgIpc) is 2.98. The van der Waals surface area contributed by atoms with E-state index in [1.165, 1.54) is 11.3 Å². The number of thiophene rings is 1. The first-order valence-corrected chi connectivity index (χ1v) is 6.43. The minimum atomic E-state index is -0.254. The predicted molar refractivity (Wildman–Crippen MR) is 73.4 cm³/mol. The number of aromatic amines is 1. The zero-order valence-corrected chi connectivity index (χ0v) is 10.7. The van der Waals surface area contributed by atoms with Crippen molar-refractivity contribution in [3.63, 3.8) is 0 Å². The maximum Gasteiger partial charge on any atom is 0.269 e. The summed E-state index contributed by atoms with van der Waals surface area (Å²) >= 11 is 7.58. The van der Waals surface area contributed by atoms with E-state index in [4.69, 9.17) is 11.6 Å². The van der Waals surface area contributed by atoms with E-state index in [9.17, 15) is 4.79 Å². The molecule has 0 aliphatic carbocycles. The molecule has 0 atom stereocenters. The lowest BCUT2D eigenvalue weighted by Gasteiger charge is -1.99. The molecule has 0 saturated heterocycles. The number of aromatic nitrogens is 2. The molecule has 18 heavy (non-hydrogen) atoms. The number of rotatable bonds is 2. The fourth-order valence-electron chi connectivity index (χ4n) is 1.66. The van der Waals surface area contributed by atoms with Crippen molar-refractivity contribution in [1.82, 2.24) is 9.97 Å². The molecule has 1 amide bonds. The van der Waals surface area contributed by atoms with E-state index in [0.29, 0.717) is 15.8 Å². The van der Waals surface area contributed by atoms with Crippen LogP contribution in [0.1, 0.15) is 9.67 Å². The number of benzene rings is 1. The molecule has 0 saturated carbocycles. The van der Waals surface area contributed by atoms with E-state index in [-0.39, 0.29) is 5.91 Å². The van der Waals surface area contributed by atoms with Gasteiger partial charge in [-0.2, -0.15) is 0 Å². The van der Waals surface area contributed by atoms with Crippen molar-refractivity contribution in [2.45, 2.75) is 0 Å². The van der Waals surface area contributed by atoms with Gasteiger partial charge in [-0.3, -0.25) is 10.1 Å². The summed E-state index contributed by atoms with van der Waals surface area (Å²) in [4.78, 5) is 19.3. The summed E-state index contributed by atoms with van der Waals surface area (Å²) in [6.07, 6.45) is 3.21. The van der Waals surface area contributed by atoms with Crippen molar-refractivity contribution in [3.05, 3.63) is 46.6 Å². The zero-order valence-electron chi connectivity index (χ0n) is 9.11. The van der Waals surface area contributed by atoms with Gasteiger partial charge in [-0.1, -0.05) is 29.8 Å². The number of anilines is 1. The number of hydrogen-bond acceptors (Lipinski definition) is 3. The van der Waals surface area contributed by atoms with Crippen molar-refractivity contribution < 1.29 is 4.79 Å². The Labute approximate surface area is 112 Å². The summed E-state index contributed by atoms with van der Waals surface area (Å²) in [5, 5.41) is 4.04. The van der Waals surface area contributed by atoms with Crippen molar-refractivity contribution in [2.75, 3.05) is 5.32 Å². The van der Waals surface area contributed by atoms with E-state index < -0.39 is 0 Å². The van der Waals surface area contributed by atoms with Crippen molar-refractivity contribution >= 4 is 44.9 Å². The quantitative estimate of drug-likeness (QED) is 0.753. The highest BCUT2D eigenvalue weighted by Crippen LogP contribution is 2.35. The Morgan fingerprint density at radius 1 is 1.39 bits per heavy atom. The van der Waals surface area contributed by atoms with Crippen LogP contribution in [-0.2, 0) is 0 Å². The van der Waals surface area contributed by atoms with E-state index in [1.54, 1.807) is 12.4 Å². The lowest BCUT2D eigenvalue weighted by molar-refractivity contribution is 0.103. The summed E-state index contributed by atoms with van der Waals surface area (Å²) in [7, 11) is 0. The van der Waals surface area contributed by atoms with E-state index in [2.05, 4.69) is 15.3 Å². The number of H-pyrrole nitrogens is 1. The lowest BCUT2D eigenvalue weighted by Crippen LogP contribution is -2.11. The van der Waals surface area contributed by atoms with Crippen LogP contribution in [0.25, 0.3) is 10.1 Å². The summed E-state index contributed by atoms with van der Waals surface area (Å²) in [6.45, 7) is 0. The maximum absolute atomic E-state index is 12.1. The van der Waals surface area contributed by atoms with Gasteiger partial charge in [-0.25, -0.2) is 4.98 Å². The number of nitrogens with zero attached hydrogens (tertiary/aromatic N) is 1. The number of carbonyl (C=O) groups is 1. The second kappa shape index (κ2) is 4.44. The van der Waals surface area contributed by atoms with Crippen LogP contribution >= 0.6 is 22.9 Å². The van der Waals surface area contributed by atoms with Crippen LogP contribution in [0.3, 0.4) is 0 Å². The van der Waals surface area contributed by atoms with Crippen LogP contribution in [0, 0.1) is 0 Å². The lowest BCUT2D eigenvalue weighted by atomic mass is 10.2. The topological polar surface area (TPSA) is 57.8 Å². The molecule has 0 bridgehead atoms. The Hall–Kier alpha value is -1.85. The Kier molecular flexibility index (Phi) is 2.77. The molecule has 0 fully saturated rings. The molecule has 0 aliphatic heterocycles. The van der Waals surface area contributed by atoms with Gasteiger partial charge in [0.15, 0.2) is 0 Å². The van der Waals surface area contributed by atoms with Crippen LogP contribution in [0.4, 0.5) is 5.95 Å². The SMILES string of the molecule is O=C(Nc1ncc[nH]1)c1sc2ccccc2c1Cl. The largest absolute Gasteiger partial charge is 0.331 e. The molecule has 3 rings (SSSR count). The fraction of sp³-hybridized carbons (Fsp3) is 0. The van der Waals surface area contributed by atoms with Gasteiger partial charge in [0.25, 0.3) is 5.91 Å². The number of hydrogen-bond donors (Lipinski definition) is 2. The summed E-state index contributed by atoms with van der Waals surface area (Å²) in [5.74, 6) is 0.157. The van der Waals surface area contributed by atoms with Crippen LogP contribution < -0.4 is 5.32 Å². The van der Waals surface area contributed by atoms with Crippen molar-refractivity contribution in [1.29, 1.82) is 0 Å². The second-order valence-electron chi connectivity index (χ2n) is 3.63. The third-order valence-corrected chi connectivity index (χ3v) is 4.15. The van der Waals surface area contributed by atoms with Gasteiger partial charge in [0, 0.05) is 22.5 Å². The maximum atomic E-state index is 12.1. The third kappa shape index (κ3) is 1.87. The molecule has 3 aromatic rings. The molecular formula is C12H8ClN3OS. The van der Waals surface area contributed by atoms with Gasteiger partial charge >= 0.3 is 0 Å². The van der Waals surface area contributed by atoms with Crippen LogP contribution in [-0.4, -0.2) is 15.9 Å². The molecule has 4 nitrogen and oxygen atoms in total.